The molecule has 3 heterocycles. The lowest BCUT2D eigenvalue weighted by Crippen LogP contribution is -2.46. The highest BCUT2D eigenvalue weighted by atomic mass is 16.5. The Morgan fingerprint density at radius 1 is 1.48 bits per heavy atom. The molecule has 0 bridgehead atoms. The zero-order valence-corrected chi connectivity index (χ0v) is 12.4. The number of aromatic nitrogens is 4. The topological polar surface area (TPSA) is 72.0 Å². The van der Waals surface area contributed by atoms with Gasteiger partial charge in [-0.1, -0.05) is 5.16 Å². The molecule has 0 aromatic carbocycles. The van der Waals surface area contributed by atoms with E-state index < -0.39 is 0 Å². The highest BCUT2D eigenvalue weighted by Gasteiger charge is 2.20. The Balaban J connectivity index is 1.42. The van der Waals surface area contributed by atoms with Crippen molar-refractivity contribution in [3.05, 3.63) is 30.2 Å². The first-order valence-corrected chi connectivity index (χ1v) is 7.52. The molecule has 3 rings (SSSR count). The van der Waals surface area contributed by atoms with Gasteiger partial charge in [0.25, 0.3) is 0 Å². The van der Waals surface area contributed by atoms with E-state index in [0.717, 1.165) is 38.5 Å². The van der Waals surface area contributed by atoms with Crippen LogP contribution in [0.5, 0.6) is 0 Å². The van der Waals surface area contributed by atoms with Gasteiger partial charge in [0, 0.05) is 38.4 Å². The smallest absolute Gasteiger partial charge is 0.223 e. The first kappa shape index (κ1) is 14.2. The Morgan fingerprint density at radius 2 is 2.43 bits per heavy atom. The average molecular weight is 290 g/mol. The molecule has 2 aromatic heterocycles. The van der Waals surface area contributed by atoms with Crippen LogP contribution in [-0.4, -0.2) is 50.5 Å². The summed E-state index contributed by atoms with van der Waals surface area (Å²) in [5.41, 5.74) is 0. The number of nitrogens with one attached hydrogen (secondary N) is 1. The first-order chi connectivity index (χ1) is 10.3. The molecule has 1 saturated heterocycles. The van der Waals surface area contributed by atoms with Crippen molar-refractivity contribution in [3.63, 3.8) is 0 Å². The zero-order valence-electron chi connectivity index (χ0n) is 12.4. The summed E-state index contributed by atoms with van der Waals surface area (Å²) >= 11 is 0. The molecule has 0 spiro atoms. The fourth-order valence-corrected chi connectivity index (χ4v) is 2.79. The van der Waals surface area contributed by atoms with Crippen LogP contribution in [0, 0.1) is 6.92 Å². The van der Waals surface area contributed by atoms with Gasteiger partial charge in [0.15, 0.2) is 5.82 Å². The number of aryl methyl sites for hydroxylation is 1. The molecule has 1 unspecified atom stereocenters. The van der Waals surface area contributed by atoms with E-state index in [-0.39, 0.29) is 0 Å². The number of piperidine rings is 1. The van der Waals surface area contributed by atoms with Crippen molar-refractivity contribution in [1.82, 2.24) is 30.1 Å². The predicted octanol–water partition coefficient (Wildman–Crippen LogP) is 0.829. The molecular weight excluding hydrogens is 268 g/mol. The number of nitrogens with zero attached hydrogens (tertiary/aromatic N) is 5. The Labute approximate surface area is 124 Å². The van der Waals surface area contributed by atoms with Crippen molar-refractivity contribution in [3.8, 4) is 0 Å². The van der Waals surface area contributed by atoms with Crippen LogP contribution < -0.4 is 5.32 Å². The summed E-state index contributed by atoms with van der Waals surface area (Å²) in [5, 5.41) is 11.8. The van der Waals surface area contributed by atoms with Crippen LogP contribution in [0.25, 0.3) is 0 Å². The Hall–Kier alpha value is -1.73. The van der Waals surface area contributed by atoms with E-state index in [0.29, 0.717) is 11.9 Å². The fourth-order valence-electron chi connectivity index (χ4n) is 2.79. The fraction of sp³-hybridized carbons (Fsp3) is 0.643. The number of hydrogen-bond donors (Lipinski definition) is 1. The molecule has 1 atom stereocenters. The van der Waals surface area contributed by atoms with Crippen molar-refractivity contribution in [2.75, 3.05) is 19.6 Å². The summed E-state index contributed by atoms with van der Waals surface area (Å²) in [6.07, 6.45) is 6.24. The summed E-state index contributed by atoms with van der Waals surface area (Å²) in [5.74, 6) is 1.42. The summed E-state index contributed by atoms with van der Waals surface area (Å²) in [6.45, 7) is 6.59. The van der Waals surface area contributed by atoms with E-state index in [1.807, 2.05) is 30.1 Å². The maximum atomic E-state index is 5.03. The number of hydrogen-bond acceptors (Lipinski definition) is 6. The molecule has 0 radical (unpaired) electrons. The molecular formula is C14H22N6O. The SMILES string of the molecule is Cc1nc(CN2CCCC(NCCn3cccn3)C2)no1. The lowest BCUT2D eigenvalue weighted by molar-refractivity contribution is 0.177. The molecule has 7 nitrogen and oxygen atoms in total. The molecule has 114 valence electrons. The van der Waals surface area contributed by atoms with Crippen LogP contribution in [0.4, 0.5) is 0 Å². The van der Waals surface area contributed by atoms with Gasteiger partial charge in [-0.3, -0.25) is 9.58 Å². The van der Waals surface area contributed by atoms with E-state index in [1.54, 1.807) is 0 Å². The number of likely N-dealkylation sites (tertiary alicyclic amines) is 1. The van der Waals surface area contributed by atoms with Gasteiger partial charge in [-0.2, -0.15) is 10.1 Å². The minimum Gasteiger partial charge on any atom is -0.340 e. The minimum atomic E-state index is 0.530. The second kappa shape index (κ2) is 6.82. The Bertz CT molecular complexity index is 537. The van der Waals surface area contributed by atoms with E-state index in [1.165, 1.54) is 12.8 Å². The van der Waals surface area contributed by atoms with E-state index in [2.05, 4.69) is 25.5 Å². The molecule has 1 fully saturated rings. The maximum absolute atomic E-state index is 5.03. The molecule has 1 aliphatic rings. The van der Waals surface area contributed by atoms with Gasteiger partial charge in [-0.25, -0.2) is 0 Å². The molecule has 0 saturated carbocycles. The minimum absolute atomic E-state index is 0.530. The van der Waals surface area contributed by atoms with Crippen molar-refractivity contribution >= 4 is 0 Å². The van der Waals surface area contributed by atoms with E-state index in [4.69, 9.17) is 4.52 Å². The molecule has 0 amide bonds. The molecule has 0 aliphatic carbocycles. The lowest BCUT2D eigenvalue weighted by Gasteiger charge is -2.32. The Morgan fingerprint density at radius 3 is 3.19 bits per heavy atom. The maximum Gasteiger partial charge on any atom is 0.223 e. The van der Waals surface area contributed by atoms with E-state index in [9.17, 15) is 0 Å². The first-order valence-electron chi connectivity index (χ1n) is 7.52. The summed E-state index contributed by atoms with van der Waals surface area (Å²) in [4.78, 5) is 6.66. The van der Waals surface area contributed by atoms with Crippen LogP contribution in [0.3, 0.4) is 0 Å². The lowest BCUT2D eigenvalue weighted by atomic mass is 10.1. The largest absolute Gasteiger partial charge is 0.340 e. The molecule has 2 aromatic rings. The summed E-state index contributed by atoms with van der Waals surface area (Å²) < 4.78 is 6.98. The molecule has 1 aliphatic heterocycles. The van der Waals surface area contributed by atoms with Gasteiger partial charge in [-0.05, 0) is 25.5 Å². The average Bonchev–Trinajstić information content (AvgIpc) is 3.11. The van der Waals surface area contributed by atoms with Gasteiger partial charge in [0.05, 0.1) is 13.1 Å². The monoisotopic (exact) mass is 290 g/mol. The summed E-state index contributed by atoms with van der Waals surface area (Å²) in [7, 11) is 0. The third-order valence-electron chi connectivity index (χ3n) is 3.77. The normalized spacial score (nSPS) is 20.0. The zero-order chi connectivity index (χ0) is 14.5. The van der Waals surface area contributed by atoms with Crippen molar-refractivity contribution in [1.29, 1.82) is 0 Å². The highest BCUT2D eigenvalue weighted by Crippen LogP contribution is 2.12. The standard InChI is InChI=1S/C14H22N6O/c1-12-17-14(18-21-12)11-19-7-2-4-13(10-19)15-6-9-20-8-3-5-16-20/h3,5,8,13,15H,2,4,6-7,9-11H2,1H3. The van der Waals surface area contributed by atoms with Crippen LogP contribution in [-0.2, 0) is 13.1 Å². The molecule has 1 N–H and O–H groups in total. The van der Waals surface area contributed by atoms with Crippen molar-refractivity contribution < 1.29 is 4.52 Å². The van der Waals surface area contributed by atoms with Crippen molar-refractivity contribution in [2.45, 2.75) is 38.9 Å². The third kappa shape index (κ3) is 4.12. The second-order valence-corrected chi connectivity index (χ2v) is 5.53. The molecule has 21 heavy (non-hydrogen) atoms. The Kier molecular flexibility index (Phi) is 4.62. The van der Waals surface area contributed by atoms with Gasteiger partial charge in [0.2, 0.25) is 5.89 Å². The van der Waals surface area contributed by atoms with E-state index >= 15 is 0 Å². The third-order valence-corrected chi connectivity index (χ3v) is 3.77. The highest BCUT2D eigenvalue weighted by molar-refractivity contribution is 4.87. The van der Waals surface area contributed by atoms with Gasteiger partial charge in [-0.15, -0.1) is 0 Å². The van der Waals surface area contributed by atoms with Crippen LogP contribution in [0.15, 0.2) is 23.0 Å². The van der Waals surface area contributed by atoms with Gasteiger partial charge < -0.3 is 9.84 Å². The molecule has 7 heteroatoms. The van der Waals surface area contributed by atoms with Crippen molar-refractivity contribution in [2.24, 2.45) is 0 Å². The number of rotatable bonds is 6. The van der Waals surface area contributed by atoms with Gasteiger partial charge >= 0.3 is 0 Å². The summed E-state index contributed by atoms with van der Waals surface area (Å²) in [6, 6.07) is 2.48. The van der Waals surface area contributed by atoms with Crippen LogP contribution in [0.2, 0.25) is 0 Å². The second-order valence-electron chi connectivity index (χ2n) is 5.53. The quantitative estimate of drug-likeness (QED) is 0.849. The van der Waals surface area contributed by atoms with Crippen LogP contribution >= 0.6 is 0 Å². The van der Waals surface area contributed by atoms with Gasteiger partial charge in [0.1, 0.15) is 0 Å². The van der Waals surface area contributed by atoms with Crippen LogP contribution in [0.1, 0.15) is 24.6 Å². The predicted molar refractivity (Wildman–Crippen MR) is 77.6 cm³/mol.